The van der Waals surface area contributed by atoms with E-state index in [0.717, 1.165) is 11.3 Å². The lowest BCUT2D eigenvalue weighted by molar-refractivity contribution is -0.138. The van der Waals surface area contributed by atoms with Crippen molar-refractivity contribution in [3.05, 3.63) is 57.6 Å². The first-order valence-corrected chi connectivity index (χ1v) is 7.79. The van der Waals surface area contributed by atoms with Crippen LogP contribution in [-0.4, -0.2) is 18.1 Å². The van der Waals surface area contributed by atoms with Gasteiger partial charge in [0.2, 0.25) is 0 Å². The van der Waals surface area contributed by atoms with Crippen molar-refractivity contribution in [3.8, 4) is 5.75 Å². The maximum absolute atomic E-state index is 11.1. The van der Waals surface area contributed by atoms with Crippen molar-refractivity contribution in [2.45, 2.75) is 19.4 Å². The van der Waals surface area contributed by atoms with E-state index in [4.69, 9.17) is 33.0 Å². The summed E-state index contributed by atoms with van der Waals surface area (Å²) in [5, 5.41) is 12.7. The number of carbonyl (C=O) groups is 1. The van der Waals surface area contributed by atoms with E-state index in [9.17, 15) is 4.79 Å². The van der Waals surface area contributed by atoms with E-state index in [1.54, 1.807) is 19.1 Å². The largest absolute Gasteiger partial charge is 0.486 e. The normalized spacial score (nSPS) is 11.8. The molecule has 1 atom stereocenters. The second-order valence-corrected chi connectivity index (χ2v) is 5.93. The number of hydrogen-bond acceptors (Lipinski definition) is 3. The Morgan fingerprint density at radius 3 is 2.48 bits per heavy atom. The maximum Gasteiger partial charge on any atom is 0.310 e. The van der Waals surface area contributed by atoms with Crippen LogP contribution in [0.1, 0.15) is 24.0 Å². The molecule has 0 heterocycles. The number of halogens is 2. The van der Waals surface area contributed by atoms with Gasteiger partial charge in [-0.1, -0.05) is 35.3 Å². The summed E-state index contributed by atoms with van der Waals surface area (Å²) in [6.07, 6.45) is 0. The zero-order valence-corrected chi connectivity index (χ0v) is 14.3. The summed E-state index contributed by atoms with van der Waals surface area (Å²) in [4.78, 5) is 11.1. The van der Waals surface area contributed by atoms with E-state index in [-0.39, 0.29) is 0 Å². The fraction of sp³-hybridized carbons (Fsp3) is 0.235. The third kappa shape index (κ3) is 4.30. The molecule has 2 aromatic carbocycles. The maximum atomic E-state index is 11.1. The molecule has 4 nitrogen and oxygen atoms in total. The molecule has 0 radical (unpaired) electrons. The van der Waals surface area contributed by atoms with Gasteiger partial charge in [0.25, 0.3) is 0 Å². The van der Waals surface area contributed by atoms with E-state index in [0.29, 0.717) is 28.0 Å². The predicted octanol–water partition coefficient (Wildman–Crippen LogP) is 4.80. The Morgan fingerprint density at radius 2 is 1.91 bits per heavy atom. The highest BCUT2D eigenvalue weighted by molar-refractivity contribution is 6.37. The third-order valence-electron chi connectivity index (χ3n) is 3.49. The van der Waals surface area contributed by atoms with Crippen molar-refractivity contribution in [1.82, 2.24) is 0 Å². The fourth-order valence-electron chi connectivity index (χ4n) is 2.08. The lowest BCUT2D eigenvalue weighted by Gasteiger charge is -2.14. The lowest BCUT2D eigenvalue weighted by Crippen LogP contribution is -2.07. The van der Waals surface area contributed by atoms with Gasteiger partial charge in [-0.05, 0) is 42.3 Å². The number of ether oxygens (including phenoxy) is 1. The summed E-state index contributed by atoms with van der Waals surface area (Å²) in [5.41, 5.74) is 2.48. The Morgan fingerprint density at radius 1 is 1.26 bits per heavy atom. The Balaban J connectivity index is 2.18. The second kappa shape index (κ2) is 7.57. The van der Waals surface area contributed by atoms with Gasteiger partial charge >= 0.3 is 5.97 Å². The molecule has 0 aliphatic heterocycles. The predicted molar refractivity (Wildman–Crippen MR) is 92.8 cm³/mol. The summed E-state index contributed by atoms with van der Waals surface area (Å²) in [7, 11) is 1.84. The van der Waals surface area contributed by atoms with Gasteiger partial charge in [-0.2, -0.15) is 0 Å². The zero-order chi connectivity index (χ0) is 17.0. The van der Waals surface area contributed by atoms with Crippen LogP contribution in [0.5, 0.6) is 5.75 Å². The van der Waals surface area contributed by atoms with Gasteiger partial charge in [-0.3, -0.25) is 4.79 Å². The van der Waals surface area contributed by atoms with Gasteiger partial charge in [0, 0.05) is 12.7 Å². The van der Waals surface area contributed by atoms with Gasteiger partial charge in [-0.15, -0.1) is 0 Å². The minimum Gasteiger partial charge on any atom is -0.486 e. The summed E-state index contributed by atoms with van der Waals surface area (Å²) in [5.74, 6) is -1.27. The zero-order valence-electron chi connectivity index (χ0n) is 12.8. The molecular formula is C17H17Cl2NO3. The highest BCUT2D eigenvalue weighted by Crippen LogP contribution is 2.36. The van der Waals surface area contributed by atoms with E-state index >= 15 is 0 Å². The number of hydrogen-bond donors (Lipinski definition) is 2. The molecule has 0 aliphatic carbocycles. The highest BCUT2D eigenvalue weighted by atomic mass is 35.5. The summed E-state index contributed by atoms with van der Waals surface area (Å²) >= 11 is 12.4. The Hall–Kier alpha value is -1.91. The monoisotopic (exact) mass is 353 g/mol. The minimum atomic E-state index is -0.935. The van der Waals surface area contributed by atoms with Crippen molar-refractivity contribution in [2.75, 3.05) is 12.4 Å². The number of rotatable bonds is 6. The number of aliphatic carboxylic acids is 1. The molecule has 0 bridgehead atoms. The molecule has 6 heteroatoms. The topological polar surface area (TPSA) is 58.6 Å². The number of anilines is 1. The molecule has 2 aromatic rings. The SMILES string of the molecule is CNc1cccc(COc2c(Cl)cc(C(C)C(=O)O)cc2Cl)c1. The standard InChI is InChI=1S/C17H17Cl2NO3/c1-10(17(21)22)12-7-14(18)16(15(19)8-12)23-9-11-4-3-5-13(6-11)20-2/h3-8,10,20H,9H2,1-2H3,(H,21,22). The van der Waals surface area contributed by atoms with Crippen LogP contribution in [0.25, 0.3) is 0 Å². The molecule has 0 saturated heterocycles. The van der Waals surface area contributed by atoms with Gasteiger partial charge in [-0.25, -0.2) is 0 Å². The highest BCUT2D eigenvalue weighted by Gasteiger charge is 2.18. The number of carboxylic acids is 1. The average Bonchev–Trinajstić information content (AvgIpc) is 2.53. The van der Waals surface area contributed by atoms with Crippen LogP contribution < -0.4 is 10.1 Å². The van der Waals surface area contributed by atoms with Crippen LogP contribution in [0.15, 0.2) is 36.4 Å². The first-order valence-electron chi connectivity index (χ1n) is 7.03. The Bertz CT molecular complexity index is 696. The second-order valence-electron chi connectivity index (χ2n) is 5.11. The van der Waals surface area contributed by atoms with Crippen molar-refractivity contribution in [2.24, 2.45) is 0 Å². The molecule has 0 aromatic heterocycles. The average molecular weight is 354 g/mol. The van der Waals surface area contributed by atoms with Gasteiger partial charge in [0.1, 0.15) is 6.61 Å². The van der Waals surface area contributed by atoms with E-state index in [2.05, 4.69) is 5.32 Å². The summed E-state index contributed by atoms with van der Waals surface area (Å²) < 4.78 is 5.71. The molecular weight excluding hydrogens is 337 g/mol. The number of carboxylic acid groups (broad SMARTS) is 1. The molecule has 1 unspecified atom stereocenters. The van der Waals surface area contributed by atoms with Crippen molar-refractivity contribution >= 4 is 34.9 Å². The van der Waals surface area contributed by atoms with Crippen LogP contribution >= 0.6 is 23.2 Å². The molecule has 2 rings (SSSR count). The fourth-order valence-corrected chi connectivity index (χ4v) is 2.70. The quantitative estimate of drug-likeness (QED) is 0.782. The number of nitrogens with one attached hydrogen (secondary N) is 1. The van der Waals surface area contributed by atoms with Crippen LogP contribution in [-0.2, 0) is 11.4 Å². The summed E-state index contributed by atoms with van der Waals surface area (Å²) in [6, 6.07) is 10.9. The Labute approximate surface area is 145 Å². The Kier molecular flexibility index (Phi) is 5.74. The van der Waals surface area contributed by atoms with Gasteiger partial charge in [0.05, 0.1) is 16.0 Å². The molecule has 0 aliphatic rings. The van der Waals surface area contributed by atoms with Crippen molar-refractivity contribution in [1.29, 1.82) is 0 Å². The van der Waals surface area contributed by atoms with Gasteiger partial charge in [0.15, 0.2) is 5.75 Å². The van der Waals surface area contributed by atoms with Crippen molar-refractivity contribution < 1.29 is 14.6 Å². The minimum absolute atomic E-state index is 0.297. The van der Waals surface area contributed by atoms with Crippen molar-refractivity contribution in [3.63, 3.8) is 0 Å². The third-order valence-corrected chi connectivity index (χ3v) is 4.05. The van der Waals surface area contributed by atoms with Gasteiger partial charge < -0.3 is 15.2 Å². The smallest absolute Gasteiger partial charge is 0.310 e. The molecule has 23 heavy (non-hydrogen) atoms. The van der Waals surface area contributed by atoms with E-state index < -0.39 is 11.9 Å². The molecule has 122 valence electrons. The molecule has 0 fully saturated rings. The number of benzene rings is 2. The van der Waals surface area contributed by atoms with Crippen LogP contribution in [0.2, 0.25) is 10.0 Å². The van der Waals surface area contributed by atoms with Crippen LogP contribution in [0.4, 0.5) is 5.69 Å². The lowest BCUT2D eigenvalue weighted by atomic mass is 10.0. The van der Waals surface area contributed by atoms with Crippen LogP contribution in [0, 0.1) is 0 Å². The molecule has 2 N–H and O–H groups in total. The molecule has 0 amide bonds. The molecule has 0 saturated carbocycles. The van der Waals surface area contributed by atoms with E-state index in [1.165, 1.54) is 0 Å². The van der Waals surface area contributed by atoms with E-state index in [1.807, 2.05) is 31.3 Å². The summed E-state index contributed by atoms with van der Waals surface area (Å²) in [6.45, 7) is 1.89. The molecule has 0 spiro atoms. The van der Waals surface area contributed by atoms with Crippen LogP contribution in [0.3, 0.4) is 0 Å². The first-order chi connectivity index (χ1) is 10.9. The first kappa shape index (κ1) is 17.4.